The zero-order valence-electron chi connectivity index (χ0n) is 66.5. The Morgan fingerprint density at radius 1 is 0.750 bits per heavy atom. The molecule has 29 nitrogen and oxygen atoms in total. The van der Waals surface area contributed by atoms with Gasteiger partial charge in [-0.05, 0) is 109 Å². The van der Waals surface area contributed by atoms with Gasteiger partial charge >= 0.3 is 18.1 Å². The lowest BCUT2D eigenvalue weighted by Gasteiger charge is -2.41. The summed E-state index contributed by atoms with van der Waals surface area (Å²) in [6, 6.07) is 15.1. The average Bonchev–Trinajstić information content (AvgIpc) is 0.899. The van der Waals surface area contributed by atoms with Gasteiger partial charge in [0.15, 0.2) is 5.78 Å². The molecule has 4 aromatic rings. The molecule has 32 heteroatoms. The van der Waals surface area contributed by atoms with Crippen molar-refractivity contribution in [1.82, 2.24) is 46.3 Å². The van der Waals surface area contributed by atoms with E-state index in [4.69, 9.17) is 19.9 Å². The summed E-state index contributed by atoms with van der Waals surface area (Å²) in [7, 11) is 6.11. The standard InChI is InChI=1S/C80H110N12O17S3/c1-16-48(8)69(60(107-12)41-64(95)91-36-21-25-58(91)70(108-13)49(9)71(97)86-57(75-82-35-37-112-75)39-50-22-18-17-19-23-50)89(10)77(102)67(46(4)5)88-74(100)68(47(6)7)90(11)80(106)109-44-52-26-30-54(31-27-52)84-72(98)53(24-20-34-83-79(81)105)40-59(93)66(45(2)3)87-73(99)56(85-63(94)42-62(111-15)78(103)104)38-51-28-32-55(33-29-51)92-65(96)43-61(110-14)76(92)101/h17-19,22-23,26-33,35,37,42-43,45-49,53,56-58,60,66-70H,16,20-21,24-25,34,36,38-41,44H2,1-15H3,(H,84,98)(H,85,94)(H,86,97)(H,87,99)(H,88,100)(H,103,104)(H3,81,83,105)/b62-42+/t48-,49+,53+,56-,57-,58-,60+,66-,67-,68-,69-,70+/m0/s1. The maximum atomic E-state index is 15.0. The number of methoxy groups -OCH3 is 2. The number of carbonyl (C=O) groups is 13. The van der Waals surface area contributed by atoms with Gasteiger partial charge in [-0.1, -0.05) is 123 Å². The Bertz CT molecular complexity index is 3980. The van der Waals surface area contributed by atoms with Crippen molar-refractivity contribution >= 4 is 123 Å². The third-order valence-electron chi connectivity index (χ3n) is 20.3. The number of nitrogens with zero attached hydrogens (tertiary/aromatic N) is 5. The second-order valence-electron chi connectivity index (χ2n) is 29.2. The van der Waals surface area contributed by atoms with Gasteiger partial charge in [-0.15, -0.1) is 34.9 Å². The van der Waals surface area contributed by atoms with Crippen LogP contribution in [0.5, 0.6) is 0 Å². The summed E-state index contributed by atoms with van der Waals surface area (Å²) in [6.45, 7) is 16.4. The summed E-state index contributed by atoms with van der Waals surface area (Å²) in [5, 5.41) is 29.0. The normalized spacial score (nSPS) is 16.7. The van der Waals surface area contributed by atoms with E-state index < -0.39 is 150 Å². The van der Waals surface area contributed by atoms with E-state index in [1.165, 1.54) is 50.0 Å². The lowest BCUT2D eigenvalue weighted by Crippen LogP contribution is -2.60. The molecule has 610 valence electrons. The van der Waals surface area contributed by atoms with Crippen LogP contribution in [0.25, 0.3) is 0 Å². The number of rotatable bonds is 43. The fourth-order valence-corrected chi connectivity index (χ4v) is 15.6. The molecule has 12 atom stereocenters. The highest BCUT2D eigenvalue weighted by Gasteiger charge is 2.45. The van der Waals surface area contributed by atoms with E-state index in [1.54, 1.807) is 121 Å². The van der Waals surface area contributed by atoms with Crippen LogP contribution in [-0.4, -0.2) is 204 Å². The molecule has 0 spiro atoms. The molecule has 112 heavy (non-hydrogen) atoms. The molecule has 9 N–H and O–H groups in total. The first-order chi connectivity index (χ1) is 53.2. The highest BCUT2D eigenvalue weighted by atomic mass is 32.2. The van der Waals surface area contributed by atoms with Gasteiger partial charge in [0.25, 0.3) is 11.8 Å². The molecule has 1 saturated heterocycles. The number of ether oxygens (including phenoxy) is 3. The second kappa shape index (κ2) is 44.1. The molecular formula is C80H110N12O17S3. The van der Waals surface area contributed by atoms with E-state index >= 15 is 0 Å². The zero-order chi connectivity index (χ0) is 82.8. The molecule has 6 rings (SSSR count). The molecule has 3 aromatic carbocycles. The third-order valence-corrected chi connectivity index (χ3v) is 22.6. The molecule has 12 amide bonds. The number of nitrogens with one attached hydrogen (secondary N) is 6. The van der Waals surface area contributed by atoms with E-state index in [9.17, 15) is 67.4 Å². The van der Waals surface area contributed by atoms with Crippen molar-refractivity contribution in [3.63, 3.8) is 0 Å². The van der Waals surface area contributed by atoms with E-state index in [1.807, 2.05) is 49.6 Å². The number of aromatic nitrogens is 1. The molecule has 2 aliphatic heterocycles. The first-order valence-electron chi connectivity index (χ1n) is 37.5. The molecule has 0 unspecified atom stereocenters. The number of ketones is 1. The average molecular weight is 1610 g/mol. The van der Waals surface area contributed by atoms with Crippen LogP contribution >= 0.6 is 34.9 Å². The smallest absolute Gasteiger partial charge is 0.410 e. The summed E-state index contributed by atoms with van der Waals surface area (Å²) in [5.41, 5.74) is 7.85. The number of hydrogen-bond donors (Lipinski definition) is 8. The number of likely N-dealkylation sites (tertiary alicyclic amines) is 1. The molecule has 0 radical (unpaired) electrons. The number of imide groups is 1. The molecular weight excluding hydrogens is 1500 g/mol. The number of likely N-dealkylation sites (N-methyl/N-ethyl adjacent to an activating group) is 2. The number of primary amides is 1. The van der Waals surface area contributed by atoms with E-state index in [-0.39, 0.29) is 78.1 Å². The molecule has 0 saturated carbocycles. The Hall–Kier alpha value is -9.50. The number of carboxylic acids is 1. The molecule has 0 bridgehead atoms. The number of benzene rings is 3. The van der Waals surface area contributed by atoms with Gasteiger partial charge in [0.1, 0.15) is 29.7 Å². The van der Waals surface area contributed by atoms with E-state index in [2.05, 4.69) is 36.9 Å². The Morgan fingerprint density at radius 2 is 1.39 bits per heavy atom. The minimum atomic E-state index is -1.41. The lowest BCUT2D eigenvalue weighted by molar-refractivity contribution is -0.148. The summed E-state index contributed by atoms with van der Waals surface area (Å²) >= 11 is 3.37. The van der Waals surface area contributed by atoms with Gasteiger partial charge in [-0.2, -0.15) is 0 Å². The maximum absolute atomic E-state index is 15.0. The van der Waals surface area contributed by atoms with Crippen molar-refractivity contribution < 1.29 is 81.6 Å². The van der Waals surface area contributed by atoms with Gasteiger partial charge in [-0.25, -0.2) is 24.3 Å². The molecule has 2 aliphatic rings. The van der Waals surface area contributed by atoms with Crippen LogP contribution in [0.2, 0.25) is 0 Å². The van der Waals surface area contributed by atoms with Crippen LogP contribution in [0.1, 0.15) is 135 Å². The largest absolute Gasteiger partial charge is 0.477 e. The number of carboxylic acid groups (broad SMARTS) is 1. The van der Waals surface area contributed by atoms with Gasteiger partial charge in [0.2, 0.25) is 41.4 Å². The van der Waals surface area contributed by atoms with Crippen molar-refractivity contribution in [3.8, 4) is 0 Å². The highest BCUT2D eigenvalue weighted by Crippen LogP contribution is 2.33. The maximum Gasteiger partial charge on any atom is 0.410 e. The molecule has 1 fully saturated rings. The summed E-state index contributed by atoms with van der Waals surface area (Å²) in [5.74, 6) is -10.2. The monoisotopic (exact) mass is 1610 g/mol. The Kier molecular flexibility index (Phi) is 36.0. The number of thiazole rings is 1. The summed E-state index contributed by atoms with van der Waals surface area (Å²) < 4.78 is 18.0. The summed E-state index contributed by atoms with van der Waals surface area (Å²) in [4.78, 5) is 188. The molecule has 3 heterocycles. The predicted octanol–water partition coefficient (Wildman–Crippen LogP) is 8.18. The van der Waals surface area contributed by atoms with Gasteiger partial charge in [-0.3, -0.25) is 52.8 Å². The predicted molar refractivity (Wildman–Crippen MR) is 430 cm³/mol. The lowest BCUT2D eigenvalue weighted by atomic mass is 9.89. The number of aliphatic carboxylic acids is 1. The quantitative estimate of drug-likeness (QED) is 0.0118. The van der Waals surface area contributed by atoms with E-state index in [0.717, 1.165) is 50.0 Å². The number of nitrogens with two attached hydrogens (primary N) is 1. The van der Waals surface area contributed by atoms with Gasteiger partial charge < -0.3 is 66.8 Å². The number of anilines is 2. The van der Waals surface area contributed by atoms with Crippen molar-refractivity contribution in [2.24, 2.45) is 41.2 Å². The first-order valence-corrected chi connectivity index (χ1v) is 40.9. The highest BCUT2D eigenvalue weighted by molar-refractivity contribution is 8.03. The van der Waals surface area contributed by atoms with Crippen LogP contribution < -0.4 is 42.5 Å². The third kappa shape index (κ3) is 25.5. The Labute approximate surface area is 668 Å². The topological polar surface area (TPSA) is 394 Å². The van der Waals surface area contributed by atoms with Gasteiger partial charge in [0, 0.05) is 89.6 Å². The van der Waals surface area contributed by atoms with Crippen molar-refractivity contribution in [2.45, 2.75) is 181 Å². The van der Waals surface area contributed by atoms with Crippen molar-refractivity contribution in [3.05, 3.63) is 134 Å². The van der Waals surface area contributed by atoms with Gasteiger partial charge in [0.05, 0.1) is 64.2 Å². The van der Waals surface area contributed by atoms with Crippen molar-refractivity contribution in [1.29, 1.82) is 0 Å². The minimum Gasteiger partial charge on any atom is -0.477 e. The van der Waals surface area contributed by atoms with Crippen LogP contribution in [-0.2, 0) is 86.4 Å². The molecule has 1 aromatic heterocycles. The second-order valence-corrected chi connectivity index (χ2v) is 31.8. The van der Waals surface area contributed by atoms with Crippen LogP contribution in [0.3, 0.4) is 0 Å². The first kappa shape index (κ1) is 91.4. The zero-order valence-corrected chi connectivity index (χ0v) is 68.9. The van der Waals surface area contributed by atoms with Crippen molar-refractivity contribution in [2.75, 3.05) is 64.1 Å². The minimum absolute atomic E-state index is 0.0626. The number of thioether (sulfide) groups is 2. The van der Waals surface area contributed by atoms with Crippen LogP contribution in [0.4, 0.5) is 21.0 Å². The fourth-order valence-electron chi connectivity index (χ4n) is 14.0. The molecule has 0 aliphatic carbocycles. The number of amides is 12. The Morgan fingerprint density at radius 3 is 1.96 bits per heavy atom. The number of carbonyl (C=O) groups excluding carboxylic acids is 12. The fraction of sp³-hybridized carbons (Fsp3) is 0.525. The van der Waals surface area contributed by atoms with Crippen LogP contribution in [0, 0.1) is 35.5 Å². The number of Topliss-reactive ketones (excluding diaryl/α,β-unsaturated/α-hetero) is 1. The Balaban J connectivity index is 1.09. The van der Waals surface area contributed by atoms with Crippen LogP contribution in [0.15, 0.2) is 112 Å². The van der Waals surface area contributed by atoms with E-state index in [0.29, 0.717) is 49.0 Å². The SMILES string of the molecule is CC[C@H](C)[C@@H]([C@@H](CC(=O)N1CCC[C@H]1[C@H](OC)[C@@H](C)C(=O)N[C@@H](Cc1ccccc1)c1nccs1)OC)N(C)C(=O)[C@@H](NC(=O)[C@H](C(C)C)N(C)C(=O)OCc1ccc(NC(=O)[C@H](CCCNC(N)=O)CC(=O)[C@@H](NC(=O)[C@H](Cc2ccc(N3C(=O)C=C(SC)C3=O)cc2)NC(=O)/C=C(/SC)C(=O)O)C(C)C)cc1)C(C)C. The number of urea groups is 1. The number of hydrogen-bond acceptors (Lipinski definition) is 20. The summed E-state index contributed by atoms with van der Waals surface area (Å²) in [6.07, 6.45) is 6.59.